The molecule has 1 aromatic heterocycles. The van der Waals surface area contributed by atoms with Crippen LogP contribution in [0.4, 0.5) is 0 Å². The Morgan fingerprint density at radius 1 is 1.06 bits per heavy atom. The van der Waals surface area contributed by atoms with Gasteiger partial charge in [-0.3, -0.25) is 14.4 Å². The number of rotatable bonds is 6. The van der Waals surface area contributed by atoms with Crippen LogP contribution in [0.3, 0.4) is 0 Å². The minimum absolute atomic E-state index is 0.0800. The Bertz CT molecular complexity index is 1090. The molecule has 6 nitrogen and oxygen atoms in total. The number of hydrogen-bond acceptors (Lipinski definition) is 4. The van der Waals surface area contributed by atoms with E-state index < -0.39 is 0 Å². The molecule has 1 saturated heterocycles. The van der Waals surface area contributed by atoms with Crippen molar-refractivity contribution in [2.45, 2.75) is 27.0 Å². The number of benzene rings is 2. The van der Waals surface area contributed by atoms with Gasteiger partial charge in [0.2, 0.25) is 0 Å². The van der Waals surface area contributed by atoms with Gasteiger partial charge in [-0.15, -0.1) is 0 Å². The second-order valence-electron chi connectivity index (χ2n) is 8.40. The lowest BCUT2D eigenvalue weighted by atomic mass is 10.1. The van der Waals surface area contributed by atoms with Gasteiger partial charge in [-0.25, -0.2) is 0 Å². The van der Waals surface area contributed by atoms with Crippen LogP contribution in [-0.4, -0.2) is 51.7 Å². The van der Waals surface area contributed by atoms with Gasteiger partial charge in [-0.05, 0) is 49.2 Å². The minimum Gasteiger partial charge on any atom is -0.487 e. The minimum atomic E-state index is 0.0800. The van der Waals surface area contributed by atoms with Crippen molar-refractivity contribution in [3.63, 3.8) is 0 Å². The highest BCUT2D eigenvalue weighted by atomic mass is 35.5. The molecular formula is C25H29ClN4O2. The molecule has 32 heavy (non-hydrogen) atoms. The Kier molecular flexibility index (Phi) is 6.82. The summed E-state index contributed by atoms with van der Waals surface area (Å²) in [6, 6.07) is 13.4. The van der Waals surface area contributed by atoms with Gasteiger partial charge in [-0.1, -0.05) is 29.8 Å². The molecule has 0 bridgehead atoms. The number of aromatic nitrogens is 2. The molecule has 0 N–H and O–H groups in total. The number of carbonyl (C=O) groups is 1. The molecule has 168 valence electrons. The lowest BCUT2D eigenvalue weighted by Crippen LogP contribution is -2.48. The molecule has 1 aliphatic rings. The summed E-state index contributed by atoms with van der Waals surface area (Å²) in [4.78, 5) is 17.3. The van der Waals surface area contributed by atoms with Crippen LogP contribution in [0.1, 0.15) is 32.7 Å². The first-order chi connectivity index (χ1) is 15.4. The van der Waals surface area contributed by atoms with Crippen molar-refractivity contribution in [3.05, 3.63) is 81.6 Å². The molecule has 0 spiro atoms. The van der Waals surface area contributed by atoms with Crippen molar-refractivity contribution in [2.24, 2.45) is 7.05 Å². The number of carbonyl (C=O) groups excluding carboxylic acids is 1. The second-order valence-corrected chi connectivity index (χ2v) is 8.81. The number of halogens is 1. The fraction of sp³-hybridized carbons (Fsp3) is 0.360. The Labute approximate surface area is 194 Å². The quantitative estimate of drug-likeness (QED) is 0.561. The summed E-state index contributed by atoms with van der Waals surface area (Å²) >= 11 is 6.20. The van der Waals surface area contributed by atoms with Gasteiger partial charge < -0.3 is 9.64 Å². The van der Waals surface area contributed by atoms with Crippen LogP contribution in [0, 0.1) is 13.8 Å². The molecule has 7 heteroatoms. The zero-order valence-corrected chi connectivity index (χ0v) is 19.6. The maximum atomic E-state index is 12.9. The van der Waals surface area contributed by atoms with Crippen molar-refractivity contribution in [1.29, 1.82) is 0 Å². The van der Waals surface area contributed by atoms with E-state index in [2.05, 4.69) is 16.2 Å². The Morgan fingerprint density at radius 2 is 1.78 bits per heavy atom. The fourth-order valence-electron chi connectivity index (χ4n) is 3.96. The van der Waals surface area contributed by atoms with Crippen LogP contribution in [0.5, 0.6) is 5.75 Å². The number of amides is 1. The standard InChI is InChI=1S/C25H29ClN4O2/c1-18-4-9-23(26)24(14-18)32-17-20-5-7-21(8-6-20)25(31)30-12-10-29(11-13-30)16-22-15-28(3)27-19(22)2/h4-9,14-15H,10-13,16-17H2,1-3H3. The van der Waals surface area contributed by atoms with Crippen molar-refractivity contribution in [2.75, 3.05) is 26.2 Å². The molecular weight excluding hydrogens is 424 g/mol. The van der Waals surface area contributed by atoms with Crippen LogP contribution >= 0.6 is 11.6 Å². The van der Waals surface area contributed by atoms with E-state index >= 15 is 0 Å². The van der Waals surface area contributed by atoms with E-state index in [0.717, 1.165) is 49.5 Å². The maximum Gasteiger partial charge on any atom is 0.253 e. The van der Waals surface area contributed by atoms with E-state index in [9.17, 15) is 4.79 Å². The van der Waals surface area contributed by atoms with Gasteiger partial charge in [0.25, 0.3) is 5.91 Å². The molecule has 0 aliphatic carbocycles. The van der Waals surface area contributed by atoms with Crippen molar-refractivity contribution in [3.8, 4) is 5.75 Å². The highest BCUT2D eigenvalue weighted by Crippen LogP contribution is 2.26. The van der Waals surface area contributed by atoms with E-state index in [1.807, 2.05) is 72.9 Å². The number of ether oxygens (including phenoxy) is 1. The lowest BCUT2D eigenvalue weighted by Gasteiger charge is -2.34. The van der Waals surface area contributed by atoms with Gasteiger partial charge in [-0.2, -0.15) is 5.10 Å². The highest BCUT2D eigenvalue weighted by molar-refractivity contribution is 6.32. The van der Waals surface area contributed by atoms with Crippen LogP contribution in [0.15, 0.2) is 48.7 Å². The first kappa shape index (κ1) is 22.4. The fourth-order valence-corrected chi connectivity index (χ4v) is 4.13. The van der Waals surface area contributed by atoms with Crippen LogP contribution in [-0.2, 0) is 20.2 Å². The first-order valence-corrected chi connectivity index (χ1v) is 11.3. The van der Waals surface area contributed by atoms with Gasteiger partial charge >= 0.3 is 0 Å². The molecule has 1 aliphatic heterocycles. The van der Waals surface area contributed by atoms with E-state index in [0.29, 0.717) is 22.9 Å². The van der Waals surface area contributed by atoms with Crippen molar-refractivity contribution < 1.29 is 9.53 Å². The molecule has 4 rings (SSSR count). The molecule has 1 amide bonds. The second kappa shape index (κ2) is 9.76. The molecule has 2 heterocycles. The van der Waals surface area contributed by atoms with E-state index in [-0.39, 0.29) is 5.91 Å². The highest BCUT2D eigenvalue weighted by Gasteiger charge is 2.23. The predicted molar refractivity (Wildman–Crippen MR) is 126 cm³/mol. The molecule has 3 aromatic rings. The SMILES string of the molecule is Cc1ccc(Cl)c(OCc2ccc(C(=O)N3CCN(Cc4cn(C)nc4C)CC3)cc2)c1. The maximum absolute atomic E-state index is 12.9. The van der Waals surface area contributed by atoms with Crippen molar-refractivity contribution >= 4 is 17.5 Å². The Balaban J connectivity index is 1.29. The molecule has 0 unspecified atom stereocenters. The molecule has 2 aromatic carbocycles. The molecule has 0 atom stereocenters. The third-order valence-corrected chi connectivity index (χ3v) is 6.16. The topological polar surface area (TPSA) is 50.6 Å². The smallest absolute Gasteiger partial charge is 0.253 e. The summed E-state index contributed by atoms with van der Waals surface area (Å²) in [7, 11) is 1.95. The number of piperazine rings is 1. The summed E-state index contributed by atoms with van der Waals surface area (Å²) in [6.45, 7) is 8.52. The van der Waals surface area contributed by atoms with Crippen LogP contribution in [0.2, 0.25) is 5.02 Å². The third kappa shape index (κ3) is 5.31. The van der Waals surface area contributed by atoms with Crippen LogP contribution < -0.4 is 4.74 Å². The molecule has 0 radical (unpaired) electrons. The number of hydrogen-bond donors (Lipinski definition) is 0. The predicted octanol–water partition coefficient (Wildman–Crippen LogP) is 4.23. The van der Waals surface area contributed by atoms with E-state index in [4.69, 9.17) is 16.3 Å². The first-order valence-electron chi connectivity index (χ1n) is 10.9. The van der Waals surface area contributed by atoms with E-state index in [1.165, 1.54) is 5.56 Å². The zero-order valence-electron chi connectivity index (χ0n) is 18.8. The monoisotopic (exact) mass is 452 g/mol. The Hall–Kier alpha value is -2.83. The van der Waals surface area contributed by atoms with Gasteiger partial charge in [0.05, 0.1) is 10.7 Å². The van der Waals surface area contributed by atoms with E-state index in [1.54, 1.807) is 0 Å². The Morgan fingerprint density at radius 3 is 2.44 bits per heavy atom. The average molecular weight is 453 g/mol. The summed E-state index contributed by atoms with van der Waals surface area (Å²) in [5.74, 6) is 0.752. The average Bonchev–Trinajstić information content (AvgIpc) is 3.11. The zero-order chi connectivity index (χ0) is 22.7. The lowest BCUT2D eigenvalue weighted by molar-refractivity contribution is 0.0628. The number of aryl methyl sites for hydroxylation is 3. The summed E-state index contributed by atoms with van der Waals surface area (Å²) in [5.41, 5.74) is 5.12. The largest absolute Gasteiger partial charge is 0.487 e. The summed E-state index contributed by atoms with van der Waals surface area (Å²) in [6.07, 6.45) is 2.07. The van der Waals surface area contributed by atoms with Crippen LogP contribution in [0.25, 0.3) is 0 Å². The van der Waals surface area contributed by atoms with Gasteiger partial charge in [0, 0.05) is 57.1 Å². The summed E-state index contributed by atoms with van der Waals surface area (Å²) < 4.78 is 7.71. The third-order valence-electron chi connectivity index (χ3n) is 5.85. The number of nitrogens with zero attached hydrogens (tertiary/aromatic N) is 4. The van der Waals surface area contributed by atoms with Crippen molar-refractivity contribution in [1.82, 2.24) is 19.6 Å². The van der Waals surface area contributed by atoms with Gasteiger partial charge in [0.15, 0.2) is 0 Å². The molecule has 1 fully saturated rings. The normalized spacial score (nSPS) is 14.6. The van der Waals surface area contributed by atoms with Gasteiger partial charge in [0.1, 0.15) is 12.4 Å². The molecule has 0 saturated carbocycles. The summed E-state index contributed by atoms with van der Waals surface area (Å²) in [5, 5.41) is 5.01.